The Bertz CT molecular complexity index is 642. The van der Waals surface area contributed by atoms with E-state index in [1.165, 1.54) is 9.80 Å². The van der Waals surface area contributed by atoms with Gasteiger partial charge in [-0.25, -0.2) is 0 Å². The van der Waals surface area contributed by atoms with E-state index in [-0.39, 0.29) is 79.0 Å². The largest absolute Gasteiger partial charge is 0.480 e. The molecule has 1 fully saturated rings. The molecule has 4 atom stereocenters. The van der Waals surface area contributed by atoms with Crippen LogP contribution >= 0.6 is 50.5 Å². The zero-order chi connectivity index (χ0) is 27.1. The minimum absolute atomic E-state index is 0.174. The zero-order valence-electron chi connectivity index (χ0n) is 19.6. The number of carbonyl (C=O) groups excluding carboxylic acids is 2. The molecule has 208 valence electrons. The average molecular weight is 591 g/mol. The van der Waals surface area contributed by atoms with E-state index >= 15 is 0 Å². The van der Waals surface area contributed by atoms with Crippen LogP contribution in [0.1, 0.15) is 0 Å². The summed E-state index contributed by atoms with van der Waals surface area (Å²) in [6, 6.07) is 0. The Balaban J connectivity index is 2.66. The van der Waals surface area contributed by atoms with Crippen LogP contribution in [-0.2, 0) is 38.1 Å². The van der Waals surface area contributed by atoms with Crippen LogP contribution in [0, 0.1) is 0 Å². The lowest BCUT2D eigenvalue weighted by Gasteiger charge is -2.27. The first kappa shape index (κ1) is 33.1. The fourth-order valence-electron chi connectivity index (χ4n) is 2.92. The molecule has 4 unspecified atom stereocenters. The Morgan fingerprint density at radius 1 is 0.500 bits per heavy atom. The molecule has 0 aromatic carbocycles. The minimum Gasteiger partial charge on any atom is -0.480 e. The number of ether oxygens (including phenoxy) is 4. The fraction of sp³-hybridized carbons (Fsp3) is 0.800. The van der Waals surface area contributed by atoms with Gasteiger partial charge in [-0.3, -0.25) is 19.2 Å². The maximum absolute atomic E-state index is 12.7. The van der Waals surface area contributed by atoms with Gasteiger partial charge in [0.25, 0.3) is 0 Å². The lowest BCUT2D eigenvalue weighted by Crippen LogP contribution is -2.46. The molecule has 1 saturated heterocycles. The topological polar surface area (TPSA) is 152 Å². The molecule has 36 heavy (non-hydrogen) atoms. The van der Waals surface area contributed by atoms with Crippen molar-refractivity contribution in [2.24, 2.45) is 0 Å². The summed E-state index contributed by atoms with van der Waals surface area (Å²) < 4.78 is 22.0. The van der Waals surface area contributed by atoms with Gasteiger partial charge in [-0.2, -0.15) is 50.5 Å². The van der Waals surface area contributed by atoms with E-state index < -0.39 is 44.8 Å². The second-order valence-corrected chi connectivity index (χ2v) is 9.78. The number of rotatable bonds is 6. The highest BCUT2D eigenvalue weighted by atomic mass is 32.1. The summed E-state index contributed by atoms with van der Waals surface area (Å²) in [5.41, 5.74) is 0. The van der Waals surface area contributed by atoms with Crippen LogP contribution in [0.15, 0.2) is 0 Å². The Morgan fingerprint density at radius 3 is 0.972 bits per heavy atom. The van der Waals surface area contributed by atoms with Gasteiger partial charge < -0.3 is 39.0 Å². The van der Waals surface area contributed by atoms with E-state index in [2.05, 4.69) is 50.5 Å². The van der Waals surface area contributed by atoms with E-state index in [0.29, 0.717) is 0 Å². The van der Waals surface area contributed by atoms with Crippen molar-refractivity contribution in [1.29, 1.82) is 0 Å². The number of carbonyl (C=O) groups is 4. The quantitative estimate of drug-likeness (QED) is 0.215. The van der Waals surface area contributed by atoms with Crippen LogP contribution in [0.25, 0.3) is 0 Å². The Kier molecular flexibility index (Phi) is 16.9. The van der Waals surface area contributed by atoms with Crippen molar-refractivity contribution in [2.75, 3.05) is 79.0 Å². The highest BCUT2D eigenvalue weighted by Crippen LogP contribution is 2.14. The van der Waals surface area contributed by atoms with Crippen LogP contribution in [0.2, 0.25) is 0 Å². The molecule has 0 aromatic rings. The van der Waals surface area contributed by atoms with E-state index in [1.54, 1.807) is 0 Å². The van der Waals surface area contributed by atoms with Crippen LogP contribution in [-0.4, -0.2) is 144 Å². The molecule has 2 N–H and O–H groups in total. The molecule has 0 aliphatic carbocycles. The number of carboxylic acids is 2. The molecular weight excluding hydrogens is 556 g/mol. The first-order valence-electron chi connectivity index (χ1n) is 11.1. The smallest absolute Gasteiger partial charge is 0.318 e. The molecule has 1 aliphatic heterocycles. The third-order valence-corrected chi connectivity index (χ3v) is 7.55. The summed E-state index contributed by atoms with van der Waals surface area (Å²) in [5.74, 6) is -3.47. The second kappa shape index (κ2) is 18.4. The standard InChI is InChI=1S/C20H34N2O10S4/c23-17(13(33)15(35)19(25)26)21-1-5-29-9-10-31-7-3-22(4-8-32-12-11-30-6-2-21)18(24)14(34)16(36)20(27)28/h13-16,33-36H,1-12H2,(H,25,26)(H,27,28). The number of hydrogen-bond acceptors (Lipinski definition) is 12. The zero-order valence-corrected chi connectivity index (χ0v) is 23.2. The molecule has 16 heteroatoms. The Morgan fingerprint density at radius 2 is 0.750 bits per heavy atom. The third-order valence-electron chi connectivity index (χ3n) is 5.00. The van der Waals surface area contributed by atoms with Gasteiger partial charge in [0.15, 0.2) is 0 Å². The van der Waals surface area contributed by atoms with Gasteiger partial charge in [-0.1, -0.05) is 0 Å². The van der Waals surface area contributed by atoms with Gasteiger partial charge in [0.05, 0.1) is 52.9 Å². The van der Waals surface area contributed by atoms with Gasteiger partial charge in [0.2, 0.25) is 11.8 Å². The molecule has 1 aliphatic rings. The van der Waals surface area contributed by atoms with Gasteiger partial charge >= 0.3 is 11.9 Å². The predicted octanol–water partition coefficient (Wildman–Crippen LogP) is -0.914. The fourth-order valence-corrected chi connectivity index (χ4v) is 3.76. The Hall–Kier alpha value is -0.880. The maximum Gasteiger partial charge on any atom is 0.318 e. The molecular formula is C20H34N2O10S4. The molecule has 0 aromatic heterocycles. The summed E-state index contributed by atoms with van der Waals surface area (Å²) in [5, 5.41) is 13.4. The summed E-state index contributed by atoms with van der Waals surface area (Å²) in [6.07, 6.45) is 0. The monoisotopic (exact) mass is 590 g/mol. The summed E-state index contributed by atoms with van der Waals surface area (Å²) in [7, 11) is 0. The molecule has 1 heterocycles. The van der Waals surface area contributed by atoms with Crippen molar-refractivity contribution >= 4 is 74.3 Å². The van der Waals surface area contributed by atoms with Crippen molar-refractivity contribution in [3.63, 3.8) is 0 Å². The van der Waals surface area contributed by atoms with Gasteiger partial charge in [-0.05, 0) is 0 Å². The van der Waals surface area contributed by atoms with E-state index in [9.17, 15) is 19.2 Å². The summed E-state index contributed by atoms with van der Waals surface area (Å²) >= 11 is 16.1. The number of nitrogens with zero attached hydrogens (tertiary/aromatic N) is 2. The highest BCUT2D eigenvalue weighted by Gasteiger charge is 2.32. The number of aliphatic carboxylic acids is 2. The Labute approximate surface area is 231 Å². The first-order chi connectivity index (χ1) is 17.1. The molecule has 1 rings (SSSR count). The van der Waals surface area contributed by atoms with E-state index in [4.69, 9.17) is 29.2 Å². The molecule has 0 radical (unpaired) electrons. The minimum atomic E-state index is -1.26. The van der Waals surface area contributed by atoms with Crippen LogP contribution < -0.4 is 0 Å². The van der Waals surface area contributed by atoms with Crippen molar-refractivity contribution < 1.29 is 48.3 Å². The average Bonchev–Trinajstić information content (AvgIpc) is 2.85. The maximum atomic E-state index is 12.7. The summed E-state index contributed by atoms with van der Waals surface area (Å²) in [6.45, 7) is 2.34. The highest BCUT2D eigenvalue weighted by molar-refractivity contribution is 7.86. The van der Waals surface area contributed by atoms with Crippen molar-refractivity contribution in [3.8, 4) is 0 Å². The van der Waals surface area contributed by atoms with Gasteiger partial charge in [0, 0.05) is 26.2 Å². The van der Waals surface area contributed by atoms with Gasteiger partial charge in [-0.15, -0.1) is 0 Å². The second-order valence-electron chi connectivity index (χ2n) is 7.56. The molecule has 2 amide bonds. The van der Waals surface area contributed by atoms with E-state index in [0.717, 1.165) is 0 Å². The first-order valence-corrected chi connectivity index (χ1v) is 13.2. The van der Waals surface area contributed by atoms with Gasteiger partial charge in [0.1, 0.15) is 21.0 Å². The SMILES string of the molecule is O=C(O)C(S)C(S)C(=O)N1CCOCCOCCN(C(=O)C(S)C(S)C(=O)O)CCOCCOCC1. The molecule has 0 spiro atoms. The number of amides is 2. The van der Waals surface area contributed by atoms with Crippen molar-refractivity contribution in [2.45, 2.75) is 21.0 Å². The van der Waals surface area contributed by atoms with E-state index in [1.807, 2.05) is 0 Å². The predicted molar refractivity (Wildman–Crippen MR) is 143 cm³/mol. The number of carboxylic acid groups (broad SMARTS) is 2. The molecule has 0 saturated carbocycles. The third kappa shape index (κ3) is 12.1. The lowest BCUT2D eigenvalue weighted by molar-refractivity contribution is -0.140. The molecule has 12 nitrogen and oxygen atoms in total. The molecule has 0 bridgehead atoms. The van der Waals surface area contributed by atoms with Crippen LogP contribution in [0.5, 0.6) is 0 Å². The van der Waals surface area contributed by atoms with Crippen molar-refractivity contribution in [1.82, 2.24) is 9.80 Å². The number of thiol groups is 4. The number of hydrogen-bond donors (Lipinski definition) is 6. The van der Waals surface area contributed by atoms with Crippen LogP contribution in [0.3, 0.4) is 0 Å². The van der Waals surface area contributed by atoms with Crippen molar-refractivity contribution in [3.05, 3.63) is 0 Å². The lowest BCUT2D eigenvalue weighted by atomic mass is 10.2. The van der Waals surface area contributed by atoms with Crippen LogP contribution in [0.4, 0.5) is 0 Å². The summed E-state index contributed by atoms with van der Waals surface area (Å²) in [4.78, 5) is 50.5. The normalized spacial score (nSPS) is 21.3.